The molecule has 1 heterocycles. The molecule has 1 aliphatic heterocycles. The monoisotopic (exact) mass is 354 g/mol. The zero-order chi connectivity index (χ0) is 17.6. The van der Waals surface area contributed by atoms with Crippen LogP contribution in [-0.2, 0) is 15.1 Å². The maximum atomic E-state index is 13.8. The number of nitrogens with two attached hydrogens (primary N) is 2. The zero-order valence-corrected chi connectivity index (χ0v) is 13.9. The molecule has 1 aromatic rings. The Bertz CT molecular complexity index is 649. The van der Waals surface area contributed by atoms with Crippen LogP contribution >= 0.6 is 11.6 Å². The minimum Gasteiger partial charge on any atom is -0.447 e. The lowest BCUT2D eigenvalue weighted by molar-refractivity contribution is -0.113. The standard InChI is InChI=1S/C16H20ClFN4O2/c17-12-5-2-1-4-11(12)16(10-23)8-3-6-13(18)24-14(22-16)7-9-21-15(19)20/h1-2,4-5,10,13H,3,6-9H2,(H4,19,20,21). The second-order valence-electron chi connectivity index (χ2n) is 5.50. The van der Waals surface area contributed by atoms with Crippen molar-refractivity contribution < 1.29 is 13.9 Å². The van der Waals surface area contributed by atoms with Crippen LogP contribution in [0.5, 0.6) is 0 Å². The number of rotatable bonds is 5. The quantitative estimate of drug-likeness (QED) is 0.481. The van der Waals surface area contributed by atoms with E-state index in [-0.39, 0.29) is 31.2 Å². The molecule has 0 saturated carbocycles. The van der Waals surface area contributed by atoms with Crippen molar-refractivity contribution in [2.24, 2.45) is 21.5 Å². The van der Waals surface area contributed by atoms with Crippen LogP contribution in [0.2, 0.25) is 5.02 Å². The number of aliphatic imine (C=N–C) groups is 2. The number of ether oxygens (including phenoxy) is 1. The van der Waals surface area contributed by atoms with Gasteiger partial charge in [-0.15, -0.1) is 0 Å². The molecule has 1 aromatic carbocycles. The average Bonchev–Trinajstić information content (AvgIpc) is 2.52. The van der Waals surface area contributed by atoms with Gasteiger partial charge in [-0.05, 0) is 18.9 Å². The summed E-state index contributed by atoms with van der Waals surface area (Å²) < 4.78 is 19.0. The molecule has 0 amide bonds. The van der Waals surface area contributed by atoms with Gasteiger partial charge in [-0.3, -0.25) is 4.99 Å². The van der Waals surface area contributed by atoms with E-state index in [9.17, 15) is 9.18 Å². The first-order valence-corrected chi connectivity index (χ1v) is 8.01. The topological polar surface area (TPSA) is 103 Å². The molecule has 1 aliphatic rings. The summed E-state index contributed by atoms with van der Waals surface area (Å²) in [5, 5.41) is 0.425. The van der Waals surface area contributed by atoms with E-state index < -0.39 is 11.9 Å². The highest BCUT2D eigenvalue weighted by Gasteiger charge is 2.36. The third-order valence-corrected chi connectivity index (χ3v) is 4.06. The van der Waals surface area contributed by atoms with Gasteiger partial charge in [0.05, 0.1) is 6.54 Å². The largest absolute Gasteiger partial charge is 0.447 e. The first-order valence-electron chi connectivity index (χ1n) is 7.63. The molecule has 0 saturated heterocycles. The predicted octanol–water partition coefficient (Wildman–Crippen LogP) is 2.29. The summed E-state index contributed by atoms with van der Waals surface area (Å²) in [5.74, 6) is 0.0187. The fraction of sp³-hybridized carbons (Fsp3) is 0.438. The summed E-state index contributed by atoms with van der Waals surface area (Å²) in [6, 6.07) is 6.97. The van der Waals surface area contributed by atoms with Crippen molar-refractivity contribution in [3.63, 3.8) is 0 Å². The molecule has 0 bridgehead atoms. The number of aldehydes is 1. The fourth-order valence-electron chi connectivity index (χ4n) is 2.59. The molecule has 2 rings (SSSR count). The van der Waals surface area contributed by atoms with E-state index in [1.54, 1.807) is 24.3 Å². The van der Waals surface area contributed by atoms with Crippen LogP contribution in [0.15, 0.2) is 34.3 Å². The number of benzene rings is 1. The van der Waals surface area contributed by atoms with Gasteiger partial charge in [0.1, 0.15) is 5.54 Å². The number of hydrogen-bond acceptors (Lipinski definition) is 4. The first-order chi connectivity index (χ1) is 11.5. The third kappa shape index (κ3) is 4.44. The maximum absolute atomic E-state index is 13.8. The minimum absolute atomic E-state index is 0.0778. The number of hydrogen-bond donors (Lipinski definition) is 2. The molecule has 6 nitrogen and oxygen atoms in total. The van der Waals surface area contributed by atoms with Crippen molar-refractivity contribution in [1.29, 1.82) is 0 Å². The maximum Gasteiger partial charge on any atom is 0.239 e. The lowest BCUT2D eigenvalue weighted by Gasteiger charge is -2.29. The average molecular weight is 355 g/mol. The van der Waals surface area contributed by atoms with Crippen LogP contribution in [-0.4, -0.2) is 31.0 Å². The molecule has 0 fully saturated rings. The summed E-state index contributed by atoms with van der Waals surface area (Å²) in [6.07, 6.45) is 0.390. The van der Waals surface area contributed by atoms with Gasteiger partial charge in [-0.2, -0.15) is 0 Å². The van der Waals surface area contributed by atoms with Crippen molar-refractivity contribution in [3.8, 4) is 0 Å². The Hall–Kier alpha value is -2.15. The van der Waals surface area contributed by atoms with Gasteiger partial charge in [-0.1, -0.05) is 29.8 Å². The minimum atomic E-state index is -1.47. The Balaban J connectivity index is 2.41. The van der Waals surface area contributed by atoms with E-state index in [1.807, 2.05) is 0 Å². The number of alkyl halides is 1. The molecule has 2 unspecified atom stereocenters. The number of halogens is 2. The highest BCUT2D eigenvalue weighted by atomic mass is 35.5. The highest BCUT2D eigenvalue weighted by Crippen LogP contribution is 2.36. The predicted molar refractivity (Wildman–Crippen MR) is 91.8 cm³/mol. The summed E-state index contributed by atoms with van der Waals surface area (Å²) in [5.41, 5.74) is 9.93. The van der Waals surface area contributed by atoms with Gasteiger partial charge in [0.2, 0.25) is 6.36 Å². The molecule has 2 atom stereocenters. The lowest BCUT2D eigenvalue weighted by Crippen LogP contribution is -2.32. The van der Waals surface area contributed by atoms with E-state index in [4.69, 9.17) is 27.8 Å². The van der Waals surface area contributed by atoms with Crippen LogP contribution in [0.3, 0.4) is 0 Å². The number of carbonyl (C=O) groups is 1. The SMILES string of the molecule is NC(N)=NCCC1=NC(C=O)(c2ccccc2Cl)CCCC(F)O1. The molecule has 4 N–H and O–H groups in total. The summed E-state index contributed by atoms with van der Waals surface area (Å²) >= 11 is 6.24. The van der Waals surface area contributed by atoms with E-state index in [1.165, 1.54) is 0 Å². The zero-order valence-electron chi connectivity index (χ0n) is 13.1. The second kappa shape index (κ2) is 8.10. The lowest BCUT2D eigenvalue weighted by atomic mass is 9.86. The molecule has 8 heteroatoms. The van der Waals surface area contributed by atoms with Crippen molar-refractivity contribution in [2.45, 2.75) is 37.6 Å². The Morgan fingerprint density at radius 3 is 2.92 bits per heavy atom. The summed E-state index contributed by atoms with van der Waals surface area (Å²) in [4.78, 5) is 20.2. The van der Waals surface area contributed by atoms with Crippen molar-refractivity contribution in [3.05, 3.63) is 34.9 Å². The molecular formula is C16H20ClFN4O2. The van der Waals surface area contributed by atoms with Crippen LogP contribution < -0.4 is 11.5 Å². The van der Waals surface area contributed by atoms with E-state index in [2.05, 4.69) is 9.98 Å². The Morgan fingerprint density at radius 2 is 2.25 bits per heavy atom. The van der Waals surface area contributed by atoms with Crippen LogP contribution in [0, 0.1) is 0 Å². The molecule has 0 radical (unpaired) electrons. The molecule has 24 heavy (non-hydrogen) atoms. The number of nitrogens with zero attached hydrogens (tertiary/aromatic N) is 2. The Morgan fingerprint density at radius 1 is 1.50 bits per heavy atom. The number of carbonyl (C=O) groups excluding carboxylic acids is 1. The Kier molecular flexibility index (Phi) is 6.14. The summed E-state index contributed by atoms with van der Waals surface area (Å²) in [7, 11) is 0. The highest BCUT2D eigenvalue weighted by molar-refractivity contribution is 6.31. The van der Waals surface area contributed by atoms with E-state index in [0.717, 1.165) is 6.29 Å². The van der Waals surface area contributed by atoms with Crippen molar-refractivity contribution in [1.82, 2.24) is 0 Å². The number of guanidine groups is 1. The van der Waals surface area contributed by atoms with Gasteiger partial charge < -0.3 is 21.0 Å². The molecule has 0 spiro atoms. The second-order valence-corrected chi connectivity index (χ2v) is 5.91. The molecule has 130 valence electrons. The first kappa shape index (κ1) is 18.2. The third-order valence-electron chi connectivity index (χ3n) is 3.73. The van der Waals surface area contributed by atoms with Crippen molar-refractivity contribution in [2.75, 3.05) is 6.54 Å². The molecule has 0 aliphatic carbocycles. The van der Waals surface area contributed by atoms with Gasteiger partial charge >= 0.3 is 0 Å². The van der Waals surface area contributed by atoms with Gasteiger partial charge in [0, 0.05) is 23.4 Å². The Labute approximate surface area is 144 Å². The molecule has 0 aromatic heterocycles. The fourth-order valence-corrected chi connectivity index (χ4v) is 2.89. The van der Waals surface area contributed by atoms with Gasteiger partial charge in [0.15, 0.2) is 18.1 Å². The van der Waals surface area contributed by atoms with E-state index in [0.29, 0.717) is 23.4 Å². The van der Waals surface area contributed by atoms with Crippen molar-refractivity contribution >= 4 is 29.7 Å². The normalized spacial score (nSPS) is 24.1. The van der Waals surface area contributed by atoms with Crippen LogP contribution in [0.1, 0.15) is 31.2 Å². The molecular weight excluding hydrogens is 335 g/mol. The summed E-state index contributed by atoms with van der Waals surface area (Å²) in [6.45, 7) is 0.186. The smallest absolute Gasteiger partial charge is 0.239 e. The van der Waals surface area contributed by atoms with Crippen LogP contribution in [0.4, 0.5) is 4.39 Å². The van der Waals surface area contributed by atoms with Crippen LogP contribution in [0.25, 0.3) is 0 Å². The van der Waals surface area contributed by atoms with E-state index >= 15 is 0 Å². The van der Waals surface area contributed by atoms with Gasteiger partial charge in [0.25, 0.3) is 0 Å². The van der Waals surface area contributed by atoms with Gasteiger partial charge in [-0.25, -0.2) is 9.38 Å².